The molecule has 1 saturated heterocycles. The largest absolute Gasteiger partial charge is 0.439 e. The van der Waals surface area contributed by atoms with Gasteiger partial charge in [0.15, 0.2) is 0 Å². The monoisotopic (exact) mass is 416 g/mol. The van der Waals surface area contributed by atoms with Gasteiger partial charge in [-0.05, 0) is 53.1 Å². The summed E-state index contributed by atoms with van der Waals surface area (Å²) < 4.78 is 5.07. The first-order valence-electron chi connectivity index (χ1n) is 6.96. The molecule has 0 spiro atoms. The van der Waals surface area contributed by atoms with Crippen molar-refractivity contribution in [2.75, 3.05) is 9.93 Å². The second-order valence-electron chi connectivity index (χ2n) is 5.06. The Hall–Kier alpha value is -1.64. The van der Waals surface area contributed by atoms with Gasteiger partial charge in [-0.3, -0.25) is 20.2 Å². The van der Waals surface area contributed by atoms with Gasteiger partial charge in [0.1, 0.15) is 4.61 Å². The first kappa shape index (κ1) is 16.7. The molecule has 1 atom stereocenters. The molecule has 1 unspecified atom stereocenters. The van der Waals surface area contributed by atoms with Gasteiger partial charge in [0.05, 0.1) is 5.41 Å². The van der Waals surface area contributed by atoms with E-state index in [4.69, 9.17) is 4.74 Å². The van der Waals surface area contributed by atoms with Crippen molar-refractivity contribution >= 4 is 46.2 Å². The Morgan fingerprint density at radius 3 is 2.59 bits per heavy atom. The highest BCUT2D eigenvalue weighted by Crippen LogP contribution is 2.36. The zero-order valence-electron chi connectivity index (χ0n) is 12.1. The van der Waals surface area contributed by atoms with Crippen LogP contribution in [0.2, 0.25) is 0 Å². The van der Waals surface area contributed by atoms with Gasteiger partial charge in [0.2, 0.25) is 11.8 Å². The Labute approximate surface area is 142 Å². The van der Waals surface area contributed by atoms with Gasteiger partial charge in [0.25, 0.3) is 0 Å². The van der Waals surface area contributed by atoms with Crippen LogP contribution in [-0.4, -0.2) is 22.5 Å². The summed E-state index contributed by atoms with van der Waals surface area (Å²) in [4.78, 5) is 35.0. The van der Waals surface area contributed by atoms with Crippen molar-refractivity contribution in [1.82, 2.24) is 5.32 Å². The van der Waals surface area contributed by atoms with E-state index in [1.165, 1.54) is 0 Å². The lowest BCUT2D eigenvalue weighted by atomic mass is 9.72. The number of piperidine rings is 1. The van der Waals surface area contributed by atoms with E-state index in [0.717, 1.165) is 5.56 Å². The molecule has 7 heteroatoms. The van der Waals surface area contributed by atoms with Crippen LogP contribution in [0, 0.1) is 0 Å². The zero-order chi connectivity index (χ0) is 16.2. The minimum absolute atomic E-state index is 0.228. The van der Waals surface area contributed by atoms with E-state index in [0.29, 0.717) is 24.9 Å². The number of rotatable bonds is 4. The van der Waals surface area contributed by atoms with Crippen molar-refractivity contribution in [1.29, 1.82) is 0 Å². The van der Waals surface area contributed by atoms with Crippen molar-refractivity contribution < 1.29 is 19.1 Å². The molecule has 2 N–H and O–H groups in total. The summed E-state index contributed by atoms with van der Waals surface area (Å²) in [7, 11) is 0. The summed E-state index contributed by atoms with van der Waals surface area (Å²) in [6.07, 6.45) is 0.920. The molecule has 0 radical (unpaired) electrons. The van der Waals surface area contributed by atoms with E-state index >= 15 is 0 Å². The number of carbonyl (C=O) groups is 3. The average Bonchev–Trinajstić information content (AvgIpc) is 2.49. The zero-order valence-corrected chi connectivity index (χ0v) is 14.3. The molecule has 1 aromatic carbocycles. The molecule has 1 fully saturated rings. The fourth-order valence-corrected chi connectivity index (χ4v) is 2.93. The summed E-state index contributed by atoms with van der Waals surface area (Å²) >= 11 is 1.94. The maximum absolute atomic E-state index is 12.3. The molecule has 0 bridgehead atoms. The van der Waals surface area contributed by atoms with Crippen LogP contribution in [0.1, 0.15) is 31.7 Å². The van der Waals surface area contributed by atoms with Crippen LogP contribution in [0.3, 0.4) is 0 Å². The maximum atomic E-state index is 12.3. The summed E-state index contributed by atoms with van der Waals surface area (Å²) in [6, 6.07) is 7.06. The van der Waals surface area contributed by atoms with Crippen LogP contribution in [0.15, 0.2) is 24.3 Å². The summed E-state index contributed by atoms with van der Waals surface area (Å²) in [5, 5.41) is 5.02. The first-order valence-corrected chi connectivity index (χ1v) is 8.49. The van der Waals surface area contributed by atoms with Crippen LogP contribution in [0.25, 0.3) is 0 Å². The van der Waals surface area contributed by atoms with Gasteiger partial charge in [-0.1, -0.05) is 19.1 Å². The number of ether oxygens (including phenoxy) is 1. The molecule has 22 heavy (non-hydrogen) atoms. The third-order valence-electron chi connectivity index (χ3n) is 3.94. The van der Waals surface area contributed by atoms with Crippen LogP contribution in [0.5, 0.6) is 0 Å². The van der Waals surface area contributed by atoms with Crippen molar-refractivity contribution in [3.63, 3.8) is 0 Å². The lowest BCUT2D eigenvalue weighted by molar-refractivity contribution is -0.138. The molecular formula is C15H17IN2O4. The minimum Gasteiger partial charge on any atom is -0.439 e. The van der Waals surface area contributed by atoms with Crippen molar-refractivity contribution in [3.05, 3.63) is 29.8 Å². The summed E-state index contributed by atoms with van der Waals surface area (Å²) in [5.74, 6) is -0.481. The van der Waals surface area contributed by atoms with Gasteiger partial charge < -0.3 is 4.74 Å². The molecule has 1 aromatic rings. The number of hydrogen-bond acceptors (Lipinski definition) is 4. The second kappa shape index (κ2) is 7.08. The van der Waals surface area contributed by atoms with E-state index in [-0.39, 0.29) is 16.4 Å². The van der Waals surface area contributed by atoms with E-state index in [1.807, 2.05) is 29.5 Å². The Kier molecular flexibility index (Phi) is 5.38. The topological polar surface area (TPSA) is 84.5 Å². The summed E-state index contributed by atoms with van der Waals surface area (Å²) in [5.41, 5.74) is 0.750. The molecule has 2 rings (SSSR count). The molecule has 0 aliphatic carbocycles. The number of nitrogens with one attached hydrogen (secondary N) is 2. The highest BCUT2D eigenvalue weighted by atomic mass is 127. The van der Waals surface area contributed by atoms with Crippen molar-refractivity contribution in [2.24, 2.45) is 0 Å². The molecular weight excluding hydrogens is 399 g/mol. The molecule has 6 nitrogen and oxygen atoms in total. The SMILES string of the molecule is CCC1(c2ccc(NC(=O)OCI)cc2)CCC(=O)NC1=O. The number of carbonyl (C=O) groups excluding carboxylic acids is 3. The van der Waals surface area contributed by atoms with Crippen molar-refractivity contribution in [3.8, 4) is 0 Å². The maximum Gasteiger partial charge on any atom is 0.412 e. The normalized spacial score (nSPS) is 21.2. The Morgan fingerprint density at radius 2 is 2.05 bits per heavy atom. The van der Waals surface area contributed by atoms with Crippen LogP contribution in [0.4, 0.5) is 10.5 Å². The summed E-state index contributed by atoms with van der Waals surface area (Å²) in [6.45, 7) is 1.93. The number of anilines is 1. The number of imide groups is 1. The van der Waals surface area contributed by atoms with Crippen molar-refractivity contribution in [2.45, 2.75) is 31.6 Å². The lowest BCUT2D eigenvalue weighted by Gasteiger charge is -2.35. The molecule has 118 valence electrons. The Balaban J connectivity index is 2.19. The Bertz CT molecular complexity index is 588. The molecule has 3 amide bonds. The number of benzene rings is 1. The predicted octanol–water partition coefficient (Wildman–Crippen LogP) is 2.71. The molecule has 1 heterocycles. The Morgan fingerprint density at radius 1 is 1.36 bits per heavy atom. The van der Waals surface area contributed by atoms with E-state index in [2.05, 4.69) is 10.6 Å². The smallest absolute Gasteiger partial charge is 0.412 e. The third kappa shape index (κ3) is 3.40. The predicted molar refractivity (Wildman–Crippen MR) is 89.8 cm³/mol. The first-order chi connectivity index (χ1) is 10.5. The molecule has 0 saturated carbocycles. The van der Waals surface area contributed by atoms with Gasteiger partial charge in [-0.15, -0.1) is 0 Å². The third-order valence-corrected chi connectivity index (χ3v) is 4.25. The number of alkyl halides is 1. The van der Waals surface area contributed by atoms with E-state index < -0.39 is 11.5 Å². The molecule has 1 aliphatic rings. The fraction of sp³-hybridized carbons (Fsp3) is 0.400. The molecule has 1 aliphatic heterocycles. The van der Waals surface area contributed by atoms with Crippen LogP contribution >= 0.6 is 22.6 Å². The van der Waals surface area contributed by atoms with Crippen LogP contribution < -0.4 is 10.6 Å². The van der Waals surface area contributed by atoms with Crippen LogP contribution in [-0.2, 0) is 19.7 Å². The van der Waals surface area contributed by atoms with Gasteiger partial charge >= 0.3 is 6.09 Å². The standard InChI is InChI=1S/C15H17IN2O4/c1-2-15(8-7-12(19)18-13(15)20)10-3-5-11(6-4-10)17-14(21)22-9-16/h3-6H,2,7-9H2,1H3,(H,17,21)(H,18,19,20). The highest BCUT2D eigenvalue weighted by molar-refractivity contribution is 14.1. The fourth-order valence-electron chi connectivity index (χ4n) is 2.64. The number of amides is 3. The van der Waals surface area contributed by atoms with Gasteiger partial charge in [-0.2, -0.15) is 0 Å². The minimum atomic E-state index is -0.685. The van der Waals surface area contributed by atoms with Gasteiger partial charge in [-0.25, -0.2) is 4.79 Å². The number of hydrogen-bond donors (Lipinski definition) is 2. The second-order valence-corrected chi connectivity index (χ2v) is 5.68. The number of halogens is 1. The molecule has 0 aromatic heterocycles. The van der Waals surface area contributed by atoms with Gasteiger partial charge in [0, 0.05) is 12.1 Å². The van der Waals surface area contributed by atoms with E-state index in [1.54, 1.807) is 24.3 Å². The van der Waals surface area contributed by atoms with E-state index in [9.17, 15) is 14.4 Å². The lowest BCUT2D eigenvalue weighted by Crippen LogP contribution is -2.51. The average molecular weight is 416 g/mol. The quantitative estimate of drug-likeness (QED) is 0.449. The highest BCUT2D eigenvalue weighted by Gasteiger charge is 2.42.